The molecule has 0 spiro atoms. The van der Waals surface area contributed by atoms with Crippen molar-refractivity contribution in [2.24, 2.45) is 0 Å². The Morgan fingerprint density at radius 3 is 2.83 bits per heavy atom. The third-order valence-electron chi connectivity index (χ3n) is 2.88. The number of halogens is 2. The predicted molar refractivity (Wildman–Crippen MR) is 78.2 cm³/mol. The van der Waals surface area contributed by atoms with Crippen LogP contribution in [-0.2, 0) is 0 Å². The fourth-order valence-electron chi connectivity index (χ4n) is 1.92. The largest absolute Gasteiger partial charge is 0.464 e. The van der Waals surface area contributed by atoms with Gasteiger partial charge in [0.2, 0.25) is 0 Å². The van der Waals surface area contributed by atoms with Crippen LogP contribution >= 0.6 is 23.2 Å². The zero-order valence-electron chi connectivity index (χ0n) is 10.1. The predicted octanol–water partition coefficient (Wildman–Crippen LogP) is 4.23. The Kier molecular flexibility index (Phi) is 4.33. The Bertz CT molecular complexity index is 547. The van der Waals surface area contributed by atoms with Crippen molar-refractivity contribution in [3.63, 3.8) is 0 Å². The van der Waals surface area contributed by atoms with Gasteiger partial charge in [-0.2, -0.15) is 0 Å². The second kappa shape index (κ2) is 5.79. The molecule has 0 aliphatic carbocycles. The zero-order valence-corrected chi connectivity index (χ0v) is 11.6. The van der Waals surface area contributed by atoms with Crippen LogP contribution in [0.5, 0.6) is 0 Å². The molecule has 0 saturated heterocycles. The van der Waals surface area contributed by atoms with Crippen molar-refractivity contribution in [1.29, 1.82) is 0 Å². The maximum atomic E-state index is 5.98. The molecule has 0 amide bonds. The van der Waals surface area contributed by atoms with E-state index in [9.17, 15) is 0 Å². The summed E-state index contributed by atoms with van der Waals surface area (Å²) in [5.74, 6) is 0. The molecule has 0 radical (unpaired) electrons. The van der Waals surface area contributed by atoms with E-state index in [1.54, 1.807) is 6.26 Å². The lowest BCUT2D eigenvalue weighted by molar-refractivity contribution is 0.615. The number of benzene rings is 1. The van der Waals surface area contributed by atoms with Crippen molar-refractivity contribution in [1.82, 2.24) is 5.32 Å². The summed E-state index contributed by atoms with van der Waals surface area (Å²) < 4.78 is 5.38. The van der Waals surface area contributed by atoms with Gasteiger partial charge in [-0.15, -0.1) is 23.2 Å². The summed E-state index contributed by atoms with van der Waals surface area (Å²) in [6.45, 7) is 6.87. The molecule has 1 atom stereocenters. The van der Waals surface area contributed by atoms with Crippen LogP contribution in [0, 0.1) is 0 Å². The van der Waals surface area contributed by atoms with Crippen molar-refractivity contribution >= 4 is 39.7 Å². The molecule has 1 aromatic heterocycles. The van der Waals surface area contributed by atoms with Gasteiger partial charge >= 0.3 is 0 Å². The van der Waals surface area contributed by atoms with Gasteiger partial charge in [-0.05, 0) is 29.8 Å². The molecule has 0 fully saturated rings. The summed E-state index contributed by atoms with van der Waals surface area (Å²) in [7, 11) is 0. The number of furan rings is 1. The topological polar surface area (TPSA) is 25.2 Å². The number of likely N-dealkylation sites (N-methyl/N-ethyl adjacent to an activating group) is 1. The highest BCUT2D eigenvalue weighted by molar-refractivity contribution is 6.45. The molecule has 2 rings (SSSR count). The first-order valence-electron chi connectivity index (χ1n) is 5.81. The Morgan fingerprint density at radius 1 is 1.39 bits per heavy atom. The standard InChI is InChI=1S/C14H15Cl2NO/c1-3-17-13(14(15)16)9(2)11-5-4-10-6-7-18-12(10)8-11/h4-8,13-14,17H,2-3H2,1H3. The van der Waals surface area contributed by atoms with Crippen LogP contribution in [0.2, 0.25) is 0 Å². The van der Waals surface area contributed by atoms with Gasteiger partial charge in [0.15, 0.2) is 0 Å². The number of nitrogens with one attached hydrogen (secondary N) is 1. The van der Waals surface area contributed by atoms with Gasteiger partial charge in [0, 0.05) is 5.39 Å². The summed E-state index contributed by atoms with van der Waals surface area (Å²) in [4.78, 5) is -0.537. The molecule has 1 heterocycles. The number of fused-ring (bicyclic) bond motifs is 1. The van der Waals surface area contributed by atoms with Crippen LogP contribution in [0.1, 0.15) is 12.5 Å². The fraction of sp³-hybridized carbons (Fsp3) is 0.286. The molecule has 2 aromatic rings. The molecular formula is C14H15Cl2NO. The fourth-order valence-corrected chi connectivity index (χ4v) is 2.40. The van der Waals surface area contributed by atoms with E-state index in [1.165, 1.54) is 0 Å². The maximum absolute atomic E-state index is 5.98. The normalized spacial score (nSPS) is 13.1. The Labute approximate surface area is 117 Å². The van der Waals surface area contributed by atoms with Crippen molar-refractivity contribution in [2.75, 3.05) is 6.54 Å². The number of hydrogen-bond acceptors (Lipinski definition) is 2. The van der Waals surface area contributed by atoms with Crippen molar-refractivity contribution in [2.45, 2.75) is 17.8 Å². The minimum atomic E-state index is -0.537. The highest BCUT2D eigenvalue weighted by Crippen LogP contribution is 2.26. The van der Waals surface area contributed by atoms with Gasteiger partial charge in [-0.1, -0.05) is 25.6 Å². The molecule has 96 valence electrons. The van der Waals surface area contributed by atoms with Crippen molar-refractivity contribution < 1.29 is 4.42 Å². The van der Waals surface area contributed by atoms with E-state index in [4.69, 9.17) is 27.6 Å². The molecule has 2 nitrogen and oxygen atoms in total. The van der Waals surface area contributed by atoms with E-state index in [2.05, 4.69) is 11.9 Å². The molecule has 1 unspecified atom stereocenters. The number of rotatable bonds is 5. The molecule has 0 bridgehead atoms. The van der Waals surface area contributed by atoms with E-state index in [-0.39, 0.29) is 6.04 Å². The van der Waals surface area contributed by atoms with Crippen LogP contribution in [0.15, 0.2) is 41.5 Å². The molecule has 4 heteroatoms. The van der Waals surface area contributed by atoms with Crippen LogP contribution in [0.25, 0.3) is 16.5 Å². The first kappa shape index (κ1) is 13.5. The molecule has 0 saturated carbocycles. The second-order valence-corrected chi connectivity index (χ2v) is 5.23. The van der Waals surface area contributed by atoms with E-state index in [1.807, 2.05) is 31.2 Å². The highest BCUT2D eigenvalue weighted by Gasteiger charge is 2.20. The summed E-state index contributed by atoms with van der Waals surface area (Å²) in [5.41, 5.74) is 2.68. The minimum Gasteiger partial charge on any atom is -0.464 e. The average Bonchev–Trinajstić information content (AvgIpc) is 2.81. The quantitative estimate of drug-likeness (QED) is 0.831. The zero-order chi connectivity index (χ0) is 13.1. The van der Waals surface area contributed by atoms with Crippen molar-refractivity contribution in [3.05, 3.63) is 42.7 Å². The smallest absolute Gasteiger partial charge is 0.134 e. The lowest BCUT2D eigenvalue weighted by Gasteiger charge is -2.21. The average molecular weight is 284 g/mol. The molecule has 18 heavy (non-hydrogen) atoms. The van der Waals surface area contributed by atoms with Crippen molar-refractivity contribution in [3.8, 4) is 0 Å². The van der Waals surface area contributed by atoms with Gasteiger partial charge in [0.1, 0.15) is 10.4 Å². The summed E-state index contributed by atoms with van der Waals surface area (Å²) in [6.07, 6.45) is 1.67. The van der Waals surface area contributed by atoms with E-state index in [0.717, 1.165) is 28.7 Å². The van der Waals surface area contributed by atoms with Gasteiger partial charge in [0.05, 0.1) is 12.3 Å². The summed E-state index contributed by atoms with van der Waals surface area (Å²) >= 11 is 12.0. The van der Waals surface area contributed by atoms with Crippen LogP contribution in [0.4, 0.5) is 0 Å². The lowest BCUT2D eigenvalue weighted by atomic mass is 10.0. The maximum Gasteiger partial charge on any atom is 0.134 e. The lowest BCUT2D eigenvalue weighted by Crippen LogP contribution is -2.35. The number of hydrogen-bond donors (Lipinski definition) is 1. The minimum absolute atomic E-state index is 0.161. The molecular weight excluding hydrogens is 269 g/mol. The molecule has 0 aliphatic heterocycles. The van der Waals surface area contributed by atoms with Crippen LogP contribution in [0.3, 0.4) is 0 Å². The van der Waals surface area contributed by atoms with Gasteiger partial charge in [0.25, 0.3) is 0 Å². The van der Waals surface area contributed by atoms with Crippen LogP contribution < -0.4 is 5.32 Å². The first-order chi connectivity index (χ1) is 8.63. The Hall–Kier alpha value is -0.960. The van der Waals surface area contributed by atoms with Gasteiger partial charge in [-0.25, -0.2) is 0 Å². The van der Waals surface area contributed by atoms with E-state index in [0.29, 0.717) is 0 Å². The second-order valence-electron chi connectivity index (χ2n) is 4.07. The Morgan fingerprint density at radius 2 is 2.17 bits per heavy atom. The van der Waals surface area contributed by atoms with E-state index >= 15 is 0 Å². The third-order valence-corrected chi connectivity index (χ3v) is 3.38. The SMILES string of the molecule is C=C(c1ccc2ccoc2c1)C(NCC)C(Cl)Cl. The molecule has 0 aliphatic rings. The van der Waals surface area contributed by atoms with E-state index < -0.39 is 4.84 Å². The summed E-state index contributed by atoms with van der Waals surface area (Å²) in [5, 5.41) is 4.30. The Balaban J connectivity index is 2.30. The number of alkyl halides is 2. The molecule has 1 aromatic carbocycles. The van der Waals surface area contributed by atoms with Gasteiger partial charge in [-0.3, -0.25) is 0 Å². The van der Waals surface area contributed by atoms with Crippen LogP contribution in [-0.4, -0.2) is 17.4 Å². The van der Waals surface area contributed by atoms with Gasteiger partial charge < -0.3 is 9.73 Å². The first-order valence-corrected chi connectivity index (χ1v) is 6.68. The highest BCUT2D eigenvalue weighted by atomic mass is 35.5. The molecule has 1 N–H and O–H groups in total. The summed E-state index contributed by atoms with van der Waals surface area (Å²) in [6, 6.07) is 7.72. The monoisotopic (exact) mass is 283 g/mol. The third kappa shape index (κ3) is 2.72.